The van der Waals surface area contributed by atoms with Gasteiger partial charge < -0.3 is 20.6 Å². The molecule has 0 bridgehead atoms. The molecule has 2 aromatic carbocycles. The Morgan fingerprint density at radius 2 is 1.82 bits per heavy atom. The first-order chi connectivity index (χ1) is 13.5. The second kappa shape index (κ2) is 8.56. The summed E-state index contributed by atoms with van der Waals surface area (Å²) in [6.07, 6.45) is 0.957. The predicted molar refractivity (Wildman–Crippen MR) is 105 cm³/mol. The van der Waals surface area contributed by atoms with Gasteiger partial charge in [0.05, 0.1) is 12.6 Å². The number of amides is 3. The van der Waals surface area contributed by atoms with Gasteiger partial charge in [0.1, 0.15) is 6.04 Å². The minimum atomic E-state index is -1.03. The highest BCUT2D eigenvalue weighted by atomic mass is 16.4. The number of carbonyl (C=O) groups is 3. The smallest absolute Gasteiger partial charge is 0.326 e. The lowest BCUT2D eigenvalue weighted by atomic mass is 10.0. The van der Waals surface area contributed by atoms with Crippen LogP contribution in [0.5, 0.6) is 0 Å². The van der Waals surface area contributed by atoms with Crippen LogP contribution in [0.3, 0.4) is 0 Å². The summed E-state index contributed by atoms with van der Waals surface area (Å²) in [6.45, 7) is 1.64. The molecule has 3 N–H and O–H groups in total. The van der Waals surface area contributed by atoms with Crippen molar-refractivity contribution in [3.63, 3.8) is 0 Å². The number of hydrogen-bond donors (Lipinski definition) is 3. The molecule has 1 fully saturated rings. The van der Waals surface area contributed by atoms with Gasteiger partial charge in [-0.05, 0) is 43.0 Å². The SMILES string of the molecule is Cc1cccc(NC(=O)NCC(=O)N2C(C(=O)O)CCC2c2ccccc2)c1. The molecule has 28 heavy (non-hydrogen) atoms. The Bertz CT molecular complexity index is 869. The topological polar surface area (TPSA) is 98.7 Å². The second-order valence-corrected chi connectivity index (χ2v) is 6.84. The summed E-state index contributed by atoms with van der Waals surface area (Å²) < 4.78 is 0. The van der Waals surface area contributed by atoms with Crippen LogP contribution in [-0.2, 0) is 9.59 Å². The minimum absolute atomic E-state index is 0.273. The normalized spacial score (nSPS) is 18.5. The fourth-order valence-corrected chi connectivity index (χ4v) is 3.55. The Kier molecular flexibility index (Phi) is 5.93. The molecule has 2 atom stereocenters. The van der Waals surface area contributed by atoms with Crippen LogP contribution in [0, 0.1) is 6.92 Å². The number of nitrogens with one attached hydrogen (secondary N) is 2. The van der Waals surface area contributed by atoms with Crippen LogP contribution in [0.15, 0.2) is 54.6 Å². The lowest BCUT2D eigenvalue weighted by Gasteiger charge is -2.28. The minimum Gasteiger partial charge on any atom is -0.480 e. The van der Waals surface area contributed by atoms with Crippen molar-refractivity contribution in [2.45, 2.75) is 31.8 Å². The van der Waals surface area contributed by atoms with Crippen molar-refractivity contribution in [2.75, 3.05) is 11.9 Å². The highest BCUT2D eigenvalue weighted by Gasteiger charge is 2.41. The van der Waals surface area contributed by atoms with Gasteiger partial charge >= 0.3 is 12.0 Å². The Labute approximate surface area is 163 Å². The number of carboxylic acids is 1. The zero-order valence-corrected chi connectivity index (χ0v) is 15.6. The molecule has 0 spiro atoms. The van der Waals surface area contributed by atoms with Crippen LogP contribution in [0.1, 0.15) is 30.0 Å². The zero-order chi connectivity index (χ0) is 20.1. The van der Waals surface area contributed by atoms with Crippen molar-refractivity contribution in [1.29, 1.82) is 0 Å². The maximum absolute atomic E-state index is 12.8. The Balaban J connectivity index is 1.66. The van der Waals surface area contributed by atoms with Gasteiger partial charge in [0.25, 0.3) is 0 Å². The Hall–Kier alpha value is -3.35. The number of hydrogen-bond acceptors (Lipinski definition) is 3. The van der Waals surface area contributed by atoms with Crippen molar-refractivity contribution in [2.24, 2.45) is 0 Å². The summed E-state index contributed by atoms with van der Waals surface area (Å²) in [7, 11) is 0. The van der Waals surface area contributed by atoms with E-state index in [2.05, 4.69) is 10.6 Å². The van der Waals surface area contributed by atoms with Crippen molar-refractivity contribution < 1.29 is 19.5 Å². The van der Waals surface area contributed by atoms with E-state index < -0.39 is 23.9 Å². The van der Waals surface area contributed by atoms with E-state index in [0.717, 1.165) is 11.1 Å². The molecule has 0 radical (unpaired) electrons. The number of aliphatic carboxylic acids is 1. The summed E-state index contributed by atoms with van der Waals surface area (Å²) in [4.78, 5) is 37.9. The van der Waals surface area contributed by atoms with E-state index in [1.165, 1.54) is 4.90 Å². The molecule has 2 aromatic rings. The number of carboxylic acid groups (broad SMARTS) is 1. The van der Waals surface area contributed by atoms with E-state index in [1.807, 2.05) is 55.5 Å². The summed E-state index contributed by atoms with van der Waals surface area (Å²) in [5.74, 6) is -1.45. The molecule has 1 heterocycles. The first-order valence-corrected chi connectivity index (χ1v) is 9.16. The summed E-state index contributed by atoms with van der Waals surface area (Å²) in [5, 5.41) is 14.7. The highest BCUT2D eigenvalue weighted by molar-refractivity contribution is 5.93. The van der Waals surface area contributed by atoms with Gasteiger partial charge in [-0.25, -0.2) is 9.59 Å². The van der Waals surface area contributed by atoms with Gasteiger partial charge in [-0.2, -0.15) is 0 Å². The molecular weight excluding hydrogens is 358 g/mol. The molecular formula is C21H23N3O4. The highest BCUT2D eigenvalue weighted by Crippen LogP contribution is 2.36. The Morgan fingerprint density at radius 1 is 1.07 bits per heavy atom. The quantitative estimate of drug-likeness (QED) is 0.742. The first kappa shape index (κ1) is 19.4. The van der Waals surface area contributed by atoms with Gasteiger partial charge in [-0.1, -0.05) is 42.5 Å². The van der Waals surface area contributed by atoms with Crippen LogP contribution in [0.4, 0.5) is 10.5 Å². The van der Waals surface area contributed by atoms with Crippen molar-refractivity contribution >= 4 is 23.6 Å². The van der Waals surface area contributed by atoms with Crippen LogP contribution in [0.25, 0.3) is 0 Å². The van der Waals surface area contributed by atoms with E-state index in [1.54, 1.807) is 6.07 Å². The monoisotopic (exact) mass is 381 g/mol. The molecule has 146 valence electrons. The Morgan fingerprint density at radius 3 is 2.50 bits per heavy atom. The van der Waals surface area contributed by atoms with Gasteiger partial charge in [0.15, 0.2) is 0 Å². The summed E-state index contributed by atoms with van der Waals surface area (Å²) in [5.41, 5.74) is 2.52. The zero-order valence-electron chi connectivity index (χ0n) is 15.6. The van der Waals surface area contributed by atoms with E-state index in [-0.39, 0.29) is 12.6 Å². The standard InChI is InChI=1S/C21H23N3O4/c1-14-6-5-9-16(12-14)23-21(28)22-13-19(25)24-17(10-11-18(24)20(26)27)15-7-3-2-4-8-15/h2-9,12,17-18H,10-11,13H2,1H3,(H,26,27)(H2,22,23,28). The van der Waals surface area contributed by atoms with E-state index in [0.29, 0.717) is 18.5 Å². The van der Waals surface area contributed by atoms with Gasteiger partial charge in [-0.15, -0.1) is 0 Å². The average Bonchev–Trinajstić information content (AvgIpc) is 3.12. The largest absolute Gasteiger partial charge is 0.480 e. The predicted octanol–water partition coefficient (Wildman–Crippen LogP) is 2.93. The molecule has 7 nitrogen and oxygen atoms in total. The number of nitrogens with zero attached hydrogens (tertiary/aromatic N) is 1. The maximum atomic E-state index is 12.8. The number of likely N-dealkylation sites (tertiary alicyclic amines) is 1. The van der Waals surface area contributed by atoms with Crippen molar-refractivity contribution in [3.8, 4) is 0 Å². The molecule has 1 aliphatic heterocycles. The van der Waals surface area contributed by atoms with Crippen LogP contribution >= 0.6 is 0 Å². The van der Waals surface area contributed by atoms with Gasteiger partial charge in [0.2, 0.25) is 5.91 Å². The number of carbonyl (C=O) groups excluding carboxylic acids is 2. The summed E-state index contributed by atoms with van der Waals surface area (Å²) >= 11 is 0. The third kappa shape index (κ3) is 4.49. The number of rotatable bonds is 5. The maximum Gasteiger partial charge on any atom is 0.326 e. The van der Waals surface area contributed by atoms with Crippen LogP contribution < -0.4 is 10.6 Å². The molecule has 1 aliphatic rings. The molecule has 3 rings (SSSR count). The molecule has 1 saturated heterocycles. The van der Waals surface area contributed by atoms with Crippen molar-refractivity contribution in [1.82, 2.24) is 10.2 Å². The molecule has 0 aromatic heterocycles. The molecule has 0 aliphatic carbocycles. The lowest BCUT2D eigenvalue weighted by molar-refractivity contribution is -0.149. The van der Waals surface area contributed by atoms with Gasteiger partial charge in [-0.3, -0.25) is 4.79 Å². The van der Waals surface area contributed by atoms with Crippen molar-refractivity contribution in [3.05, 3.63) is 65.7 Å². The van der Waals surface area contributed by atoms with Crippen LogP contribution in [0.2, 0.25) is 0 Å². The van der Waals surface area contributed by atoms with Gasteiger partial charge in [0, 0.05) is 5.69 Å². The molecule has 7 heteroatoms. The summed E-state index contributed by atoms with van der Waals surface area (Å²) in [6, 6.07) is 14.9. The fourth-order valence-electron chi connectivity index (χ4n) is 3.55. The van der Waals surface area contributed by atoms with E-state index in [9.17, 15) is 19.5 Å². The second-order valence-electron chi connectivity index (χ2n) is 6.84. The number of anilines is 1. The third-order valence-electron chi connectivity index (χ3n) is 4.82. The van der Waals surface area contributed by atoms with E-state index in [4.69, 9.17) is 0 Å². The fraction of sp³-hybridized carbons (Fsp3) is 0.286. The molecule has 2 unspecified atom stereocenters. The molecule has 3 amide bonds. The number of benzene rings is 2. The first-order valence-electron chi connectivity index (χ1n) is 9.16. The number of urea groups is 1. The van der Waals surface area contributed by atoms with Crippen LogP contribution in [-0.4, -0.2) is 40.5 Å². The van der Waals surface area contributed by atoms with E-state index >= 15 is 0 Å². The molecule has 0 saturated carbocycles. The number of aryl methyl sites for hydroxylation is 1. The lowest BCUT2D eigenvalue weighted by Crippen LogP contribution is -2.47. The average molecular weight is 381 g/mol. The third-order valence-corrected chi connectivity index (χ3v) is 4.82.